The number of amides is 1. The second-order valence-corrected chi connectivity index (χ2v) is 6.84. The molecule has 9 heteroatoms. The summed E-state index contributed by atoms with van der Waals surface area (Å²) in [6.07, 6.45) is 1.53. The molecule has 1 aliphatic heterocycles. The minimum absolute atomic E-state index is 0.0429. The van der Waals surface area contributed by atoms with Gasteiger partial charge in [-0.2, -0.15) is 0 Å². The van der Waals surface area contributed by atoms with Crippen molar-refractivity contribution in [1.82, 2.24) is 15.0 Å². The third-order valence-corrected chi connectivity index (χ3v) is 4.61. The van der Waals surface area contributed by atoms with Gasteiger partial charge >= 0.3 is 0 Å². The van der Waals surface area contributed by atoms with Crippen molar-refractivity contribution in [2.24, 2.45) is 4.99 Å². The van der Waals surface area contributed by atoms with Crippen molar-refractivity contribution in [3.05, 3.63) is 59.7 Å². The van der Waals surface area contributed by atoms with E-state index in [4.69, 9.17) is 0 Å². The summed E-state index contributed by atoms with van der Waals surface area (Å²) in [4.78, 5) is 18.7. The number of aliphatic hydroxyl groups is 1. The van der Waals surface area contributed by atoms with Gasteiger partial charge in [-0.05, 0) is 23.8 Å². The van der Waals surface area contributed by atoms with Gasteiger partial charge in [0.2, 0.25) is 5.91 Å². The van der Waals surface area contributed by atoms with E-state index in [1.54, 1.807) is 25.1 Å². The van der Waals surface area contributed by atoms with E-state index in [0.717, 1.165) is 5.56 Å². The summed E-state index contributed by atoms with van der Waals surface area (Å²) < 4.78 is 15.8. The highest BCUT2D eigenvalue weighted by atomic mass is 19.1. The molecule has 0 spiro atoms. The summed E-state index contributed by atoms with van der Waals surface area (Å²) in [5, 5.41) is 20.0. The Bertz CT molecular complexity index is 1120. The first-order chi connectivity index (χ1) is 14.0. The molecule has 0 atom stereocenters. The number of fused-ring (bicyclic) bond motifs is 1. The highest BCUT2D eigenvalue weighted by Crippen LogP contribution is 2.35. The van der Waals surface area contributed by atoms with E-state index in [0.29, 0.717) is 34.2 Å². The Morgan fingerprint density at radius 1 is 1.28 bits per heavy atom. The van der Waals surface area contributed by atoms with Gasteiger partial charge in [-0.15, -0.1) is 5.10 Å². The fourth-order valence-corrected chi connectivity index (χ4v) is 3.18. The Kier molecular flexibility index (Phi) is 4.81. The van der Waals surface area contributed by atoms with Crippen LogP contribution in [0, 0.1) is 5.82 Å². The van der Waals surface area contributed by atoms with Crippen LogP contribution in [0.1, 0.15) is 17.7 Å². The second-order valence-electron chi connectivity index (χ2n) is 6.84. The molecule has 2 heterocycles. The second kappa shape index (κ2) is 7.44. The molecule has 29 heavy (non-hydrogen) atoms. The summed E-state index contributed by atoms with van der Waals surface area (Å²) in [6.45, 7) is -0.202. The number of aliphatic hydroxyl groups excluding tert-OH is 1. The maximum atomic E-state index is 14.3. The Morgan fingerprint density at radius 2 is 2.10 bits per heavy atom. The maximum absolute atomic E-state index is 14.3. The molecule has 0 unspecified atom stereocenters. The topological polar surface area (TPSA) is 95.6 Å². The number of hydrogen-bond acceptors (Lipinski definition) is 6. The molecular formula is C20H19FN6O2. The molecule has 0 radical (unpaired) electrons. The number of aliphatic imine (C=N–C) groups is 1. The smallest absolute Gasteiger partial charge is 0.230 e. The van der Waals surface area contributed by atoms with Crippen LogP contribution < -0.4 is 10.2 Å². The summed E-state index contributed by atoms with van der Waals surface area (Å²) in [7, 11) is 3.48. The zero-order valence-corrected chi connectivity index (χ0v) is 15.9. The van der Waals surface area contributed by atoms with E-state index in [1.165, 1.54) is 16.9 Å². The van der Waals surface area contributed by atoms with Crippen LogP contribution in [-0.2, 0) is 11.4 Å². The molecule has 1 amide bonds. The molecule has 1 aromatic heterocycles. The van der Waals surface area contributed by atoms with Gasteiger partial charge in [-0.3, -0.25) is 9.79 Å². The predicted molar refractivity (Wildman–Crippen MR) is 107 cm³/mol. The summed E-state index contributed by atoms with van der Waals surface area (Å²) in [6, 6.07) is 10.2. The number of aromatic nitrogens is 3. The molecule has 0 aliphatic carbocycles. The molecule has 3 aromatic rings. The third-order valence-electron chi connectivity index (χ3n) is 4.61. The highest BCUT2D eigenvalue weighted by molar-refractivity contribution is 6.17. The lowest BCUT2D eigenvalue weighted by molar-refractivity contribution is -0.115. The zero-order chi connectivity index (χ0) is 20.5. The largest absolute Gasteiger partial charge is 0.390 e. The lowest BCUT2D eigenvalue weighted by atomic mass is 10.1. The first kappa shape index (κ1) is 18.8. The molecule has 4 rings (SSSR count). The van der Waals surface area contributed by atoms with Gasteiger partial charge in [0.1, 0.15) is 5.82 Å². The van der Waals surface area contributed by atoms with Gasteiger partial charge in [0.15, 0.2) is 0 Å². The van der Waals surface area contributed by atoms with Crippen molar-refractivity contribution in [2.75, 3.05) is 24.3 Å². The Balaban J connectivity index is 1.81. The average molecular weight is 394 g/mol. The summed E-state index contributed by atoms with van der Waals surface area (Å²) in [5.41, 5.74) is 3.70. The minimum atomic E-state index is -0.433. The summed E-state index contributed by atoms with van der Waals surface area (Å²) in [5.74, 6) is -0.709. The number of nitrogens with one attached hydrogen (secondary N) is 1. The first-order valence-electron chi connectivity index (χ1n) is 8.96. The molecule has 1 aliphatic rings. The Hall–Kier alpha value is -3.59. The SMILES string of the molecule is CN(C)c1cc2c(cc1F)NC(=O)CC(c1cccc(-n3nncc3CO)c1)=N2. The number of halogens is 1. The number of hydrogen-bond donors (Lipinski definition) is 2. The molecule has 0 fully saturated rings. The van der Waals surface area contributed by atoms with Crippen molar-refractivity contribution >= 4 is 28.7 Å². The van der Waals surface area contributed by atoms with Crippen LogP contribution in [0.25, 0.3) is 5.69 Å². The van der Waals surface area contributed by atoms with E-state index < -0.39 is 5.82 Å². The van der Waals surface area contributed by atoms with E-state index in [2.05, 4.69) is 20.6 Å². The number of nitrogens with zero attached hydrogens (tertiary/aromatic N) is 5. The molecule has 148 valence electrons. The van der Waals surface area contributed by atoms with Gasteiger partial charge in [-0.1, -0.05) is 17.3 Å². The van der Waals surface area contributed by atoms with Crippen LogP contribution in [0.3, 0.4) is 0 Å². The molecule has 8 nitrogen and oxygen atoms in total. The molecule has 2 N–H and O–H groups in total. The fourth-order valence-electron chi connectivity index (χ4n) is 3.18. The maximum Gasteiger partial charge on any atom is 0.230 e. The number of anilines is 2. The van der Waals surface area contributed by atoms with Gasteiger partial charge in [0, 0.05) is 20.2 Å². The Morgan fingerprint density at radius 3 is 2.86 bits per heavy atom. The highest BCUT2D eigenvalue weighted by Gasteiger charge is 2.20. The van der Waals surface area contributed by atoms with E-state index >= 15 is 0 Å². The standard InChI is InChI=1S/C20H19FN6O2/c1-26(2)19-8-18-17(7-15(19)21)24-20(29)9-16(23-18)12-4-3-5-13(6-12)27-14(11-28)10-22-25-27/h3-8,10,28H,9,11H2,1-2H3,(H,24,29). The van der Waals surface area contributed by atoms with E-state index in [9.17, 15) is 14.3 Å². The predicted octanol–water partition coefficient (Wildman–Crippen LogP) is 2.43. The number of carbonyl (C=O) groups is 1. The number of benzene rings is 2. The monoisotopic (exact) mass is 394 g/mol. The molecule has 0 bridgehead atoms. The van der Waals surface area contributed by atoms with E-state index in [1.807, 2.05) is 24.3 Å². The average Bonchev–Trinajstić information content (AvgIpc) is 3.11. The summed E-state index contributed by atoms with van der Waals surface area (Å²) >= 11 is 0. The van der Waals surface area contributed by atoms with Gasteiger partial charge in [0.05, 0.1) is 53.4 Å². The van der Waals surface area contributed by atoms with Crippen molar-refractivity contribution in [2.45, 2.75) is 13.0 Å². The molecule has 0 saturated heterocycles. The zero-order valence-electron chi connectivity index (χ0n) is 15.9. The lowest BCUT2D eigenvalue weighted by Gasteiger charge is -2.15. The normalized spacial score (nSPS) is 13.4. The number of rotatable bonds is 4. The fraction of sp³-hybridized carbons (Fsp3) is 0.200. The van der Waals surface area contributed by atoms with Crippen LogP contribution in [-0.4, -0.2) is 45.8 Å². The van der Waals surface area contributed by atoms with Gasteiger partial charge < -0.3 is 15.3 Å². The number of carbonyl (C=O) groups excluding carboxylic acids is 1. The van der Waals surface area contributed by atoms with Crippen LogP contribution in [0.5, 0.6) is 0 Å². The molecular weight excluding hydrogens is 375 g/mol. The lowest BCUT2D eigenvalue weighted by Crippen LogP contribution is -2.15. The Labute approximate surface area is 166 Å². The van der Waals surface area contributed by atoms with E-state index in [-0.39, 0.29) is 18.9 Å². The third kappa shape index (κ3) is 3.59. The minimum Gasteiger partial charge on any atom is -0.390 e. The first-order valence-corrected chi connectivity index (χ1v) is 8.96. The quantitative estimate of drug-likeness (QED) is 0.709. The van der Waals surface area contributed by atoms with Crippen molar-refractivity contribution in [3.63, 3.8) is 0 Å². The van der Waals surface area contributed by atoms with Crippen LogP contribution in [0.15, 0.2) is 47.6 Å². The van der Waals surface area contributed by atoms with Crippen LogP contribution in [0.4, 0.5) is 21.5 Å². The van der Waals surface area contributed by atoms with Crippen LogP contribution in [0.2, 0.25) is 0 Å². The van der Waals surface area contributed by atoms with Gasteiger partial charge in [0.25, 0.3) is 0 Å². The van der Waals surface area contributed by atoms with Crippen molar-refractivity contribution in [1.29, 1.82) is 0 Å². The molecule has 2 aromatic carbocycles. The molecule has 0 saturated carbocycles. The van der Waals surface area contributed by atoms with Crippen LogP contribution >= 0.6 is 0 Å². The van der Waals surface area contributed by atoms with Crippen molar-refractivity contribution in [3.8, 4) is 5.69 Å². The van der Waals surface area contributed by atoms with Gasteiger partial charge in [-0.25, -0.2) is 9.07 Å². The van der Waals surface area contributed by atoms with Crippen molar-refractivity contribution < 1.29 is 14.3 Å².